The molecule has 0 radical (unpaired) electrons. The molecule has 5 nitrogen and oxygen atoms in total. The Morgan fingerprint density at radius 3 is 2.80 bits per heavy atom. The lowest BCUT2D eigenvalue weighted by Crippen LogP contribution is -2.44. The lowest BCUT2D eigenvalue weighted by molar-refractivity contribution is -0.168. The van der Waals surface area contributed by atoms with Gasteiger partial charge in [0.15, 0.2) is 5.60 Å². The highest BCUT2D eigenvalue weighted by Crippen LogP contribution is 2.43. The van der Waals surface area contributed by atoms with Gasteiger partial charge in [0.1, 0.15) is 6.10 Å². The lowest BCUT2D eigenvalue weighted by atomic mass is 9.80. The first-order chi connectivity index (χ1) is 6.97. The van der Waals surface area contributed by atoms with Crippen molar-refractivity contribution in [2.24, 2.45) is 0 Å². The fourth-order valence-corrected chi connectivity index (χ4v) is 2.80. The molecule has 1 aliphatic rings. The standard InChI is InChI=1S/C9H10O5S/c10-5-3-9(14,8(12)13)4-1-2-15-7(4)6(5)11/h1-2,5-6,10-11,14H,3H2,(H,12,13)/t5-,6+,9-/m1/s1. The number of hydrogen-bond acceptors (Lipinski definition) is 5. The minimum absolute atomic E-state index is 0.179. The number of hydrogen-bond donors (Lipinski definition) is 4. The summed E-state index contributed by atoms with van der Waals surface area (Å²) in [5, 5.41) is 39.5. The molecule has 2 rings (SSSR count). The Kier molecular flexibility index (Phi) is 2.31. The highest BCUT2D eigenvalue weighted by atomic mass is 32.1. The van der Waals surface area contributed by atoms with Crippen molar-refractivity contribution in [1.82, 2.24) is 0 Å². The number of rotatable bonds is 1. The van der Waals surface area contributed by atoms with Crippen LogP contribution in [-0.2, 0) is 10.4 Å². The maximum atomic E-state index is 11.0. The number of aliphatic hydroxyl groups is 3. The largest absolute Gasteiger partial charge is 0.479 e. The molecule has 1 aromatic rings. The van der Waals surface area contributed by atoms with Crippen molar-refractivity contribution >= 4 is 17.3 Å². The Morgan fingerprint density at radius 2 is 2.20 bits per heavy atom. The van der Waals surface area contributed by atoms with Crippen LogP contribution >= 0.6 is 11.3 Å². The van der Waals surface area contributed by atoms with Gasteiger partial charge < -0.3 is 20.4 Å². The zero-order valence-corrected chi connectivity index (χ0v) is 8.44. The molecule has 0 fully saturated rings. The molecule has 0 aromatic carbocycles. The second kappa shape index (κ2) is 3.28. The molecular weight excluding hydrogens is 220 g/mol. The van der Waals surface area contributed by atoms with Crippen molar-refractivity contribution in [3.8, 4) is 0 Å². The summed E-state index contributed by atoms with van der Waals surface area (Å²) in [5.74, 6) is -1.41. The van der Waals surface area contributed by atoms with Crippen LogP contribution in [-0.4, -0.2) is 32.5 Å². The minimum atomic E-state index is -2.09. The van der Waals surface area contributed by atoms with E-state index in [0.29, 0.717) is 4.88 Å². The average molecular weight is 230 g/mol. The van der Waals surface area contributed by atoms with Gasteiger partial charge in [-0.05, 0) is 11.4 Å². The Morgan fingerprint density at radius 1 is 1.53 bits per heavy atom. The van der Waals surface area contributed by atoms with Crippen LogP contribution in [0.1, 0.15) is 23.0 Å². The van der Waals surface area contributed by atoms with Crippen molar-refractivity contribution in [3.63, 3.8) is 0 Å². The van der Waals surface area contributed by atoms with Crippen molar-refractivity contribution in [3.05, 3.63) is 21.9 Å². The topological polar surface area (TPSA) is 98.0 Å². The van der Waals surface area contributed by atoms with E-state index in [-0.39, 0.29) is 5.56 Å². The van der Waals surface area contributed by atoms with Crippen molar-refractivity contribution in [2.75, 3.05) is 0 Å². The summed E-state index contributed by atoms with van der Waals surface area (Å²) in [4.78, 5) is 11.3. The molecule has 1 aromatic heterocycles. The highest BCUT2D eigenvalue weighted by molar-refractivity contribution is 7.10. The number of fused-ring (bicyclic) bond motifs is 1. The molecule has 4 N–H and O–H groups in total. The zero-order valence-electron chi connectivity index (χ0n) is 7.62. The lowest BCUT2D eigenvalue weighted by Gasteiger charge is -2.34. The van der Waals surface area contributed by atoms with Crippen molar-refractivity contribution < 1.29 is 25.2 Å². The molecule has 3 atom stereocenters. The number of thiophene rings is 1. The van der Waals surface area contributed by atoms with Crippen LogP contribution in [0.2, 0.25) is 0 Å². The van der Waals surface area contributed by atoms with E-state index in [1.165, 1.54) is 6.07 Å². The van der Waals surface area contributed by atoms with Gasteiger partial charge in [-0.15, -0.1) is 11.3 Å². The van der Waals surface area contributed by atoms with Gasteiger partial charge in [0, 0.05) is 16.9 Å². The molecule has 0 amide bonds. The first-order valence-electron chi connectivity index (χ1n) is 4.36. The highest BCUT2D eigenvalue weighted by Gasteiger charge is 2.48. The van der Waals surface area contributed by atoms with Crippen LogP contribution in [0.4, 0.5) is 0 Å². The Labute approximate surface area is 89.2 Å². The van der Waals surface area contributed by atoms with Gasteiger partial charge in [0.25, 0.3) is 0 Å². The fourth-order valence-electron chi connectivity index (χ4n) is 1.79. The average Bonchev–Trinajstić information content (AvgIpc) is 2.63. The van der Waals surface area contributed by atoms with Gasteiger partial charge in [-0.3, -0.25) is 0 Å². The van der Waals surface area contributed by atoms with E-state index < -0.39 is 30.2 Å². The summed E-state index contributed by atoms with van der Waals surface area (Å²) in [6.07, 6.45) is -2.76. The van der Waals surface area contributed by atoms with Crippen molar-refractivity contribution in [2.45, 2.75) is 24.2 Å². The third-order valence-electron chi connectivity index (χ3n) is 2.63. The van der Waals surface area contributed by atoms with Gasteiger partial charge in [-0.2, -0.15) is 0 Å². The number of carbonyl (C=O) groups is 1. The predicted octanol–water partition coefficient (Wildman–Crippen LogP) is -0.182. The summed E-state index contributed by atoms with van der Waals surface area (Å²) in [6.45, 7) is 0. The van der Waals surface area contributed by atoms with Gasteiger partial charge in [0.05, 0.1) is 6.10 Å². The summed E-state index contributed by atoms with van der Waals surface area (Å²) >= 11 is 1.12. The first-order valence-corrected chi connectivity index (χ1v) is 5.24. The molecule has 0 bridgehead atoms. The second-order valence-corrected chi connectivity index (χ2v) is 4.53. The molecule has 15 heavy (non-hydrogen) atoms. The van der Waals surface area contributed by atoms with E-state index in [1.54, 1.807) is 5.38 Å². The van der Waals surface area contributed by atoms with Gasteiger partial charge in [-0.1, -0.05) is 0 Å². The summed E-state index contributed by atoms with van der Waals surface area (Å²) in [7, 11) is 0. The maximum absolute atomic E-state index is 11.0. The zero-order chi connectivity index (χ0) is 11.2. The third kappa shape index (κ3) is 1.37. The molecule has 0 saturated carbocycles. The second-order valence-electron chi connectivity index (χ2n) is 3.58. The Hall–Kier alpha value is -0.950. The van der Waals surface area contributed by atoms with E-state index in [4.69, 9.17) is 5.11 Å². The van der Waals surface area contributed by atoms with Gasteiger partial charge >= 0.3 is 5.97 Å². The summed E-state index contributed by atoms with van der Waals surface area (Å²) in [6, 6.07) is 1.46. The molecule has 6 heteroatoms. The monoisotopic (exact) mass is 230 g/mol. The molecule has 0 saturated heterocycles. The van der Waals surface area contributed by atoms with Gasteiger partial charge in [0.2, 0.25) is 0 Å². The van der Waals surface area contributed by atoms with Crippen LogP contribution < -0.4 is 0 Å². The van der Waals surface area contributed by atoms with E-state index in [1.807, 2.05) is 0 Å². The van der Waals surface area contributed by atoms with E-state index in [9.17, 15) is 20.1 Å². The molecular formula is C9H10O5S. The first kappa shape index (κ1) is 10.6. The number of aliphatic hydroxyl groups excluding tert-OH is 2. The minimum Gasteiger partial charge on any atom is -0.479 e. The molecule has 0 spiro atoms. The molecule has 0 unspecified atom stereocenters. The fraction of sp³-hybridized carbons (Fsp3) is 0.444. The number of carboxylic acid groups (broad SMARTS) is 1. The van der Waals surface area contributed by atoms with Crippen LogP contribution in [0.3, 0.4) is 0 Å². The molecule has 0 aliphatic heterocycles. The Bertz CT molecular complexity index is 401. The van der Waals surface area contributed by atoms with E-state index in [0.717, 1.165) is 11.3 Å². The summed E-state index contributed by atoms with van der Waals surface area (Å²) < 4.78 is 0. The van der Waals surface area contributed by atoms with E-state index >= 15 is 0 Å². The van der Waals surface area contributed by atoms with Gasteiger partial charge in [-0.25, -0.2) is 4.79 Å². The predicted molar refractivity (Wildman–Crippen MR) is 51.4 cm³/mol. The SMILES string of the molecule is O=C(O)[C@@]1(O)C[C@@H](O)[C@H](O)c2sccc21. The number of aliphatic carboxylic acids is 1. The third-order valence-corrected chi connectivity index (χ3v) is 3.62. The number of carboxylic acids is 1. The Balaban J connectivity index is 2.56. The van der Waals surface area contributed by atoms with Crippen LogP contribution in [0.15, 0.2) is 11.4 Å². The quantitative estimate of drug-likeness (QED) is 0.536. The molecule has 1 heterocycles. The smallest absolute Gasteiger partial charge is 0.340 e. The van der Waals surface area contributed by atoms with Crippen molar-refractivity contribution in [1.29, 1.82) is 0 Å². The summed E-state index contributed by atoms with van der Waals surface area (Å²) in [5.41, 5.74) is -1.91. The molecule has 1 aliphatic carbocycles. The normalized spacial score (nSPS) is 34.9. The van der Waals surface area contributed by atoms with Crippen LogP contribution in [0.5, 0.6) is 0 Å². The van der Waals surface area contributed by atoms with E-state index in [2.05, 4.69) is 0 Å². The maximum Gasteiger partial charge on any atom is 0.340 e. The molecule has 82 valence electrons. The van der Waals surface area contributed by atoms with Crippen LogP contribution in [0.25, 0.3) is 0 Å². The van der Waals surface area contributed by atoms with Crippen LogP contribution in [0, 0.1) is 0 Å².